The molecular formula is C17H26IN3O2. The highest BCUT2D eigenvalue weighted by Crippen LogP contribution is 2.19. The van der Waals surface area contributed by atoms with E-state index in [0.29, 0.717) is 13.2 Å². The number of furan rings is 1. The molecule has 1 aromatic carbocycles. The van der Waals surface area contributed by atoms with Gasteiger partial charge in [0.15, 0.2) is 5.96 Å². The molecule has 0 spiro atoms. The molecule has 0 fully saturated rings. The van der Waals surface area contributed by atoms with Gasteiger partial charge in [0.05, 0.1) is 6.61 Å². The van der Waals surface area contributed by atoms with E-state index in [1.54, 1.807) is 7.11 Å². The zero-order valence-corrected chi connectivity index (χ0v) is 16.1. The number of unbranched alkanes of at least 4 members (excludes halogenated alkanes) is 1. The average Bonchev–Trinajstić information content (AvgIpc) is 2.95. The van der Waals surface area contributed by atoms with Gasteiger partial charge in [0.2, 0.25) is 0 Å². The van der Waals surface area contributed by atoms with Crippen LogP contribution in [0, 0.1) is 0 Å². The Labute approximate surface area is 154 Å². The second-order valence-corrected chi connectivity index (χ2v) is 5.12. The van der Waals surface area contributed by atoms with E-state index in [1.165, 1.54) is 0 Å². The van der Waals surface area contributed by atoms with Crippen molar-refractivity contribution in [2.75, 3.05) is 26.8 Å². The van der Waals surface area contributed by atoms with Crippen LogP contribution in [-0.4, -0.2) is 32.8 Å². The number of ether oxygens (including phenoxy) is 1. The first kappa shape index (κ1) is 19.8. The van der Waals surface area contributed by atoms with Gasteiger partial charge in [-0.1, -0.05) is 31.5 Å². The molecule has 0 saturated carbocycles. The minimum absolute atomic E-state index is 0. The van der Waals surface area contributed by atoms with Crippen LogP contribution in [0.3, 0.4) is 0 Å². The molecule has 0 aliphatic heterocycles. The van der Waals surface area contributed by atoms with Gasteiger partial charge in [0, 0.05) is 25.6 Å². The van der Waals surface area contributed by atoms with E-state index in [4.69, 9.17) is 9.15 Å². The van der Waals surface area contributed by atoms with Gasteiger partial charge in [-0.3, -0.25) is 0 Å². The maximum absolute atomic E-state index is 5.78. The number of nitrogens with zero attached hydrogens (tertiary/aromatic N) is 1. The van der Waals surface area contributed by atoms with Gasteiger partial charge in [-0.05, 0) is 18.6 Å². The second-order valence-electron chi connectivity index (χ2n) is 5.12. The lowest BCUT2D eigenvalue weighted by molar-refractivity contribution is 0.203. The topological polar surface area (TPSA) is 58.8 Å². The van der Waals surface area contributed by atoms with Crippen molar-refractivity contribution in [3.63, 3.8) is 0 Å². The number of aliphatic imine (C=N–C) groups is 1. The SMILES string of the molecule is CCCCNC(=NCc1cc2ccccc2o1)NCCOC.I. The number of methoxy groups -OCH3 is 1. The summed E-state index contributed by atoms with van der Waals surface area (Å²) < 4.78 is 10.8. The highest BCUT2D eigenvalue weighted by atomic mass is 127. The van der Waals surface area contributed by atoms with Crippen molar-refractivity contribution in [1.29, 1.82) is 0 Å². The van der Waals surface area contributed by atoms with Crippen molar-refractivity contribution >= 4 is 40.9 Å². The Kier molecular flexibility index (Phi) is 9.70. The van der Waals surface area contributed by atoms with Gasteiger partial charge in [-0.2, -0.15) is 0 Å². The Morgan fingerprint density at radius 1 is 1.22 bits per heavy atom. The third kappa shape index (κ3) is 6.78. The second kappa shape index (κ2) is 11.3. The molecule has 0 unspecified atom stereocenters. The van der Waals surface area contributed by atoms with Crippen LogP contribution in [-0.2, 0) is 11.3 Å². The van der Waals surface area contributed by atoms with Gasteiger partial charge in [0.25, 0.3) is 0 Å². The summed E-state index contributed by atoms with van der Waals surface area (Å²) in [6.45, 7) is 4.98. The standard InChI is InChI=1S/C17H25N3O2.HI/c1-3-4-9-18-17(19-10-11-21-2)20-13-15-12-14-7-5-6-8-16(14)22-15;/h5-8,12H,3-4,9-11,13H2,1-2H3,(H2,18,19,20);1H. The molecule has 0 radical (unpaired) electrons. The number of benzene rings is 1. The molecule has 0 saturated heterocycles. The largest absolute Gasteiger partial charge is 0.459 e. The van der Waals surface area contributed by atoms with Crippen LogP contribution >= 0.6 is 24.0 Å². The van der Waals surface area contributed by atoms with Crippen molar-refractivity contribution in [2.45, 2.75) is 26.3 Å². The van der Waals surface area contributed by atoms with E-state index in [0.717, 1.165) is 48.6 Å². The molecule has 23 heavy (non-hydrogen) atoms. The molecule has 0 aliphatic carbocycles. The number of fused-ring (bicyclic) bond motifs is 1. The van der Waals surface area contributed by atoms with Crippen LogP contribution in [0.4, 0.5) is 0 Å². The fourth-order valence-electron chi connectivity index (χ4n) is 2.10. The Morgan fingerprint density at radius 3 is 2.74 bits per heavy atom. The summed E-state index contributed by atoms with van der Waals surface area (Å²) in [5.74, 6) is 1.66. The highest BCUT2D eigenvalue weighted by molar-refractivity contribution is 14.0. The highest BCUT2D eigenvalue weighted by Gasteiger charge is 2.03. The molecule has 6 heteroatoms. The average molecular weight is 431 g/mol. The van der Waals surface area contributed by atoms with Gasteiger partial charge in [-0.25, -0.2) is 4.99 Å². The summed E-state index contributed by atoms with van der Waals surface area (Å²) in [6, 6.07) is 10.0. The van der Waals surface area contributed by atoms with Crippen LogP contribution in [0.1, 0.15) is 25.5 Å². The summed E-state index contributed by atoms with van der Waals surface area (Å²) in [4.78, 5) is 4.58. The number of guanidine groups is 1. The monoisotopic (exact) mass is 431 g/mol. The molecule has 0 aliphatic rings. The fourth-order valence-corrected chi connectivity index (χ4v) is 2.10. The van der Waals surface area contributed by atoms with Crippen LogP contribution in [0.2, 0.25) is 0 Å². The predicted molar refractivity (Wildman–Crippen MR) is 106 cm³/mol. The normalized spacial score (nSPS) is 11.3. The molecule has 0 bridgehead atoms. The quantitative estimate of drug-likeness (QED) is 0.291. The molecule has 2 rings (SSSR count). The van der Waals surface area contributed by atoms with Crippen molar-refractivity contribution in [3.8, 4) is 0 Å². The lowest BCUT2D eigenvalue weighted by atomic mass is 10.2. The molecule has 0 amide bonds. The summed E-state index contributed by atoms with van der Waals surface area (Å²) in [6.07, 6.45) is 2.28. The third-order valence-corrected chi connectivity index (χ3v) is 3.29. The van der Waals surface area contributed by atoms with E-state index >= 15 is 0 Å². The summed E-state index contributed by atoms with van der Waals surface area (Å²) in [5, 5.41) is 7.69. The minimum Gasteiger partial charge on any atom is -0.459 e. The van der Waals surface area contributed by atoms with Gasteiger partial charge < -0.3 is 19.8 Å². The van der Waals surface area contributed by atoms with E-state index in [9.17, 15) is 0 Å². The van der Waals surface area contributed by atoms with Crippen LogP contribution in [0.25, 0.3) is 11.0 Å². The number of hydrogen-bond acceptors (Lipinski definition) is 3. The van der Waals surface area contributed by atoms with Gasteiger partial charge in [0.1, 0.15) is 17.9 Å². The Morgan fingerprint density at radius 2 is 2.00 bits per heavy atom. The summed E-state index contributed by atoms with van der Waals surface area (Å²) >= 11 is 0. The Balaban J connectivity index is 0.00000264. The Bertz CT molecular complexity index is 553. The molecule has 5 nitrogen and oxygen atoms in total. The predicted octanol–water partition coefficient (Wildman–Crippen LogP) is 3.53. The summed E-state index contributed by atoms with van der Waals surface area (Å²) in [5.41, 5.74) is 0.903. The van der Waals surface area contributed by atoms with Crippen molar-refractivity contribution < 1.29 is 9.15 Å². The molecule has 1 heterocycles. The first-order valence-corrected chi connectivity index (χ1v) is 7.82. The van der Waals surface area contributed by atoms with Crippen molar-refractivity contribution in [2.24, 2.45) is 4.99 Å². The van der Waals surface area contributed by atoms with Crippen molar-refractivity contribution in [1.82, 2.24) is 10.6 Å². The summed E-state index contributed by atoms with van der Waals surface area (Å²) in [7, 11) is 1.69. The van der Waals surface area contributed by atoms with Crippen LogP contribution in [0.5, 0.6) is 0 Å². The number of para-hydroxylation sites is 1. The maximum Gasteiger partial charge on any atom is 0.191 e. The zero-order chi connectivity index (χ0) is 15.6. The molecular weight excluding hydrogens is 405 g/mol. The van der Waals surface area contributed by atoms with Gasteiger partial charge >= 0.3 is 0 Å². The van der Waals surface area contributed by atoms with Crippen molar-refractivity contribution in [3.05, 3.63) is 36.1 Å². The first-order valence-electron chi connectivity index (χ1n) is 7.82. The van der Waals surface area contributed by atoms with E-state index < -0.39 is 0 Å². The van der Waals surface area contributed by atoms with Crippen LogP contribution in [0.15, 0.2) is 39.7 Å². The number of hydrogen-bond donors (Lipinski definition) is 2. The maximum atomic E-state index is 5.78. The number of nitrogens with one attached hydrogen (secondary N) is 2. The third-order valence-electron chi connectivity index (χ3n) is 3.29. The fraction of sp³-hybridized carbons (Fsp3) is 0.471. The minimum atomic E-state index is 0. The molecule has 0 atom stereocenters. The Hall–Kier alpha value is -1.28. The lowest BCUT2D eigenvalue weighted by Gasteiger charge is -2.11. The zero-order valence-electron chi connectivity index (χ0n) is 13.8. The molecule has 1 aromatic heterocycles. The smallest absolute Gasteiger partial charge is 0.191 e. The van der Waals surface area contributed by atoms with E-state index in [1.807, 2.05) is 30.3 Å². The number of halogens is 1. The van der Waals surface area contributed by atoms with Gasteiger partial charge in [-0.15, -0.1) is 24.0 Å². The van der Waals surface area contributed by atoms with E-state index in [-0.39, 0.29) is 24.0 Å². The molecule has 2 N–H and O–H groups in total. The van der Waals surface area contributed by atoms with E-state index in [2.05, 4.69) is 22.5 Å². The molecule has 128 valence electrons. The van der Waals surface area contributed by atoms with Crippen LogP contribution < -0.4 is 10.6 Å². The first-order chi connectivity index (χ1) is 10.8. The lowest BCUT2D eigenvalue weighted by Crippen LogP contribution is -2.39. The molecule has 2 aromatic rings. The number of rotatable bonds is 8.